The minimum Gasteiger partial charge on any atom is -0.443 e. The maximum Gasteiger partial charge on any atom is 0.417 e. The average Bonchev–Trinajstić information content (AvgIpc) is 3.47. The number of amides is 2. The molecule has 0 radical (unpaired) electrons. The van der Waals surface area contributed by atoms with E-state index in [4.69, 9.17) is 4.74 Å². The molecule has 4 heterocycles. The fourth-order valence-corrected chi connectivity index (χ4v) is 4.90. The summed E-state index contributed by atoms with van der Waals surface area (Å²) < 4.78 is 21.9. The second-order valence-electron chi connectivity index (χ2n) is 10.9. The number of aliphatic hydroxyl groups excluding tert-OH is 2. The number of imide groups is 1. The number of nitrogens with zero attached hydrogens (tertiary/aromatic N) is 6. The van der Waals surface area contributed by atoms with E-state index in [0.717, 1.165) is 4.90 Å². The highest BCUT2D eigenvalue weighted by atomic mass is 19.1. The molecule has 0 spiro atoms. The molecular formula is C28H29FN6O5. The van der Waals surface area contributed by atoms with E-state index in [1.807, 2.05) is 11.0 Å². The number of halogens is 1. The molecule has 11 nitrogen and oxygen atoms in total. The third kappa shape index (κ3) is 5.13. The van der Waals surface area contributed by atoms with Crippen molar-refractivity contribution in [1.82, 2.24) is 19.7 Å². The lowest BCUT2D eigenvalue weighted by Gasteiger charge is -2.23. The number of hydrogen-bond acceptors (Lipinski definition) is 9. The number of pyridine rings is 1. The summed E-state index contributed by atoms with van der Waals surface area (Å²) in [6.07, 6.45) is 1.74. The van der Waals surface area contributed by atoms with Crippen molar-refractivity contribution >= 4 is 17.7 Å². The van der Waals surface area contributed by atoms with Gasteiger partial charge in [0.2, 0.25) is 0 Å². The van der Waals surface area contributed by atoms with Gasteiger partial charge in [-0.1, -0.05) is 6.07 Å². The normalized spacial score (nSPS) is 19.3. The number of fused-ring (bicyclic) bond motifs is 1. The molecule has 0 aliphatic carbocycles. The SMILES string of the molecule is CC(C)(C)OC(=O)N1Cc2nc(-c3c(F)cccc3C#N)cc(-n3cc(N4CCC[C@H](O)[C@H](O)C4)cn3)c2C1=O. The Morgan fingerprint density at radius 2 is 2.00 bits per heavy atom. The van der Waals surface area contributed by atoms with Crippen molar-refractivity contribution in [2.45, 2.75) is 58.0 Å². The number of aromatic nitrogens is 3. The Balaban J connectivity index is 1.62. The Hall–Kier alpha value is -4.34. The van der Waals surface area contributed by atoms with Crippen LogP contribution >= 0.6 is 0 Å². The minimum absolute atomic E-state index is 0.0331. The van der Waals surface area contributed by atoms with Crippen molar-refractivity contribution in [1.29, 1.82) is 5.26 Å². The number of aliphatic hydroxyl groups is 2. The van der Waals surface area contributed by atoms with Crippen molar-refractivity contribution in [2.24, 2.45) is 0 Å². The minimum atomic E-state index is -0.933. The van der Waals surface area contributed by atoms with Crippen LogP contribution < -0.4 is 4.90 Å². The molecule has 0 unspecified atom stereocenters. The average molecular weight is 549 g/mol. The second-order valence-corrected chi connectivity index (χ2v) is 10.9. The van der Waals surface area contributed by atoms with Crippen molar-refractivity contribution in [3.63, 3.8) is 0 Å². The van der Waals surface area contributed by atoms with Gasteiger partial charge in [0.1, 0.15) is 11.4 Å². The van der Waals surface area contributed by atoms with Gasteiger partial charge in [0.15, 0.2) is 0 Å². The third-order valence-electron chi connectivity index (χ3n) is 6.81. The molecule has 1 fully saturated rings. The lowest BCUT2D eigenvalue weighted by atomic mass is 10.0. The Labute approximate surface area is 230 Å². The van der Waals surface area contributed by atoms with E-state index >= 15 is 4.39 Å². The van der Waals surface area contributed by atoms with E-state index in [-0.39, 0.29) is 46.9 Å². The van der Waals surface area contributed by atoms with Crippen LogP contribution in [-0.4, -0.2) is 72.8 Å². The van der Waals surface area contributed by atoms with Gasteiger partial charge in [-0.25, -0.2) is 23.8 Å². The van der Waals surface area contributed by atoms with Gasteiger partial charge in [-0.2, -0.15) is 10.4 Å². The molecule has 2 atom stereocenters. The first kappa shape index (κ1) is 27.2. The van der Waals surface area contributed by atoms with Crippen LogP contribution in [0.25, 0.3) is 16.9 Å². The molecule has 0 saturated carbocycles. The first-order chi connectivity index (χ1) is 19.0. The van der Waals surface area contributed by atoms with Gasteiger partial charge < -0.3 is 19.8 Å². The van der Waals surface area contributed by atoms with Crippen LogP contribution in [0, 0.1) is 17.1 Å². The molecule has 2 aromatic heterocycles. The number of hydrogen-bond donors (Lipinski definition) is 2. The molecule has 2 amide bonds. The van der Waals surface area contributed by atoms with E-state index in [0.29, 0.717) is 25.1 Å². The zero-order chi connectivity index (χ0) is 28.8. The number of ether oxygens (including phenoxy) is 1. The largest absolute Gasteiger partial charge is 0.443 e. The zero-order valence-corrected chi connectivity index (χ0v) is 22.3. The topological polar surface area (TPSA) is 145 Å². The Kier molecular flexibility index (Phi) is 7.03. The smallest absolute Gasteiger partial charge is 0.417 e. The van der Waals surface area contributed by atoms with Gasteiger partial charge in [0.05, 0.1) is 76.7 Å². The van der Waals surface area contributed by atoms with Crippen LogP contribution in [0.5, 0.6) is 0 Å². The molecule has 2 aliphatic rings. The summed E-state index contributed by atoms with van der Waals surface area (Å²) in [5.74, 6) is -1.30. The monoisotopic (exact) mass is 548 g/mol. The second kappa shape index (κ2) is 10.3. The standard InChI is InChI=1S/C28H29FN6O5/c1-28(2,3)40-27(39)34-14-20-25(26(34)38)21(10-19(32-20)24-16(11-30)6-4-7-18(24)29)35-13-17(12-31-35)33-9-5-8-22(36)23(37)15-33/h4,6-7,10,12-13,22-23,36-37H,5,8-9,14-15H2,1-3H3/t22-,23+/m0/s1. The molecule has 2 aliphatic heterocycles. The first-order valence-corrected chi connectivity index (χ1v) is 12.9. The maximum absolute atomic E-state index is 15.0. The number of rotatable bonds is 3. The summed E-state index contributed by atoms with van der Waals surface area (Å²) in [6, 6.07) is 7.55. The molecular weight excluding hydrogens is 519 g/mol. The Morgan fingerprint density at radius 3 is 2.73 bits per heavy atom. The molecule has 3 aromatic rings. The highest BCUT2D eigenvalue weighted by Crippen LogP contribution is 2.35. The number of anilines is 1. The summed E-state index contributed by atoms with van der Waals surface area (Å²) in [4.78, 5) is 33.7. The van der Waals surface area contributed by atoms with Gasteiger partial charge in [-0.05, 0) is 51.8 Å². The van der Waals surface area contributed by atoms with Crippen LogP contribution in [0.2, 0.25) is 0 Å². The highest BCUT2D eigenvalue weighted by Gasteiger charge is 2.39. The van der Waals surface area contributed by atoms with Gasteiger partial charge in [0, 0.05) is 13.1 Å². The Bertz CT molecular complexity index is 1520. The van der Waals surface area contributed by atoms with Crippen molar-refractivity contribution in [3.05, 3.63) is 59.3 Å². The zero-order valence-electron chi connectivity index (χ0n) is 22.3. The van der Waals surface area contributed by atoms with Crippen LogP contribution in [0.4, 0.5) is 14.9 Å². The summed E-state index contributed by atoms with van der Waals surface area (Å²) in [7, 11) is 0. The van der Waals surface area contributed by atoms with Gasteiger partial charge >= 0.3 is 6.09 Å². The quantitative estimate of drug-likeness (QED) is 0.504. The molecule has 208 valence electrons. The fourth-order valence-electron chi connectivity index (χ4n) is 4.90. The lowest BCUT2D eigenvalue weighted by molar-refractivity contribution is 0.0247. The molecule has 12 heteroatoms. The number of benzene rings is 1. The van der Waals surface area contributed by atoms with E-state index in [2.05, 4.69) is 10.1 Å². The predicted octanol–water partition coefficient (Wildman–Crippen LogP) is 3.16. The predicted molar refractivity (Wildman–Crippen MR) is 141 cm³/mol. The summed E-state index contributed by atoms with van der Waals surface area (Å²) in [6.45, 7) is 5.62. The summed E-state index contributed by atoms with van der Waals surface area (Å²) >= 11 is 0. The molecule has 5 rings (SSSR count). The van der Waals surface area contributed by atoms with Crippen LogP contribution in [0.1, 0.15) is 55.2 Å². The van der Waals surface area contributed by atoms with Gasteiger partial charge in [-0.15, -0.1) is 0 Å². The number of nitriles is 1. The highest BCUT2D eigenvalue weighted by molar-refractivity contribution is 6.08. The van der Waals surface area contributed by atoms with Crippen molar-refractivity contribution < 1.29 is 28.9 Å². The van der Waals surface area contributed by atoms with E-state index < -0.39 is 35.6 Å². The van der Waals surface area contributed by atoms with Crippen molar-refractivity contribution in [2.75, 3.05) is 18.0 Å². The molecule has 1 aromatic carbocycles. The summed E-state index contributed by atoms with van der Waals surface area (Å²) in [5.41, 5.74) is 0.478. The number of carbonyl (C=O) groups is 2. The molecule has 40 heavy (non-hydrogen) atoms. The van der Waals surface area contributed by atoms with Crippen molar-refractivity contribution in [3.8, 4) is 23.0 Å². The fraction of sp³-hybridized carbons (Fsp3) is 0.393. The molecule has 2 N–H and O–H groups in total. The van der Waals surface area contributed by atoms with E-state index in [1.54, 1.807) is 33.2 Å². The molecule has 0 bridgehead atoms. The van der Waals surface area contributed by atoms with Crippen LogP contribution in [0.15, 0.2) is 36.7 Å². The van der Waals surface area contributed by atoms with Gasteiger partial charge in [0.25, 0.3) is 5.91 Å². The van der Waals surface area contributed by atoms with Gasteiger partial charge in [-0.3, -0.25) is 4.79 Å². The van der Waals surface area contributed by atoms with E-state index in [1.165, 1.54) is 28.9 Å². The number of β-amino-alcohol motifs (C(OH)–C–C–N with tert-alkyl or cyclic N) is 1. The van der Waals surface area contributed by atoms with E-state index in [9.17, 15) is 25.1 Å². The number of carbonyl (C=O) groups excluding carboxylic acids is 2. The van der Waals surface area contributed by atoms with Crippen LogP contribution in [-0.2, 0) is 11.3 Å². The van der Waals surface area contributed by atoms with Crippen LogP contribution in [0.3, 0.4) is 0 Å². The maximum atomic E-state index is 15.0. The first-order valence-electron chi connectivity index (χ1n) is 12.9. The Morgan fingerprint density at radius 1 is 1.23 bits per heavy atom. The molecule has 1 saturated heterocycles. The lowest BCUT2D eigenvalue weighted by Crippen LogP contribution is -2.37. The summed E-state index contributed by atoms with van der Waals surface area (Å²) in [5, 5.41) is 34.4. The third-order valence-corrected chi connectivity index (χ3v) is 6.81.